The van der Waals surface area contributed by atoms with E-state index in [-0.39, 0.29) is 5.75 Å². The maximum Gasteiger partial charge on any atom is 0.323 e. The van der Waals surface area contributed by atoms with E-state index in [1.165, 1.54) is 13.2 Å². The largest absolute Gasteiger partial charge is 0.323 e. The zero-order valence-electron chi connectivity index (χ0n) is 7.34. The van der Waals surface area contributed by atoms with Crippen molar-refractivity contribution in [2.24, 2.45) is 5.50 Å². The van der Waals surface area contributed by atoms with E-state index in [0.29, 0.717) is 0 Å². The molecule has 0 saturated heterocycles. The summed E-state index contributed by atoms with van der Waals surface area (Å²) in [6, 6.07) is 0. The SMILES string of the molecule is COP(N)(=O)SCC=CS(C)(=O)=O. The first kappa shape index (κ1) is 13.2. The number of rotatable bonds is 5. The molecule has 0 saturated carbocycles. The third kappa shape index (κ3) is 8.52. The minimum Gasteiger partial charge on any atom is -0.313 e. The lowest BCUT2D eigenvalue weighted by Gasteiger charge is -2.06. The molecule has 5 nitrogen and oxygen atoms in total. The molecular weight excluding hydrogens is 233 g/mol. The minimum atomic E-state index is -3.11. The van der Waals surface area contributed by atoms with Crippen molar-refractivity contribution in [1.82, 2.24) is 0 Å². The van der Waals surface area contributed by atoms with Crippen LogP contribution in [0.5, 0.6) is 0 Å². The van der Waals surface area contributed by atoms with Gasteiger partial charge in [0.05, 0.1) is 0 Å². The van der Waals surface area contributed by atoms with Crippen LogP contribution in [-0.4, -0.2) is 27.5 Å². The Hall–Kier alpha value is 0.190. The lowest BCUT2D eigenvalue weighted by Crippen LogP contribution is -1.93. The summed E-state index contributed by atoms with van der Waals surface area (Å²) in [4.78, 5) is 0. The van der Waals surface area contributed by atoms with Gasteiger partial charge in [-0.25, -0.2) is 8.42 Å². The molecule has 0 aliphatic rings. The van der Waals surface area contributed by atoms with Crippen LogP contribution in [0.25, 0.3) is 0 Å². The molecule has 0 bridgehead atoms. The van der Waals surface area contributed by atoms with Crippen molar-refractivity contribution in [3.05, 3.63) is 11.5 Å². The highest BCUT2D eigenvalue weighted by molar-refractivity contribution is 8.56. The zero-order chi connectivity index (χ0) is 10.5. The van der Waals surface area contributed by atoms with Crippen molar-refractivity contribution >= 4 is 27.9 Å². The minimum absolute atomic E-state index is 0.245. The van der Waals surface area contributed by atoms with Crippen LogP contribution >= 0.6 is 18.1 Å². The fourth-order valence-electron chi connectivity index (χ4n) is 0.414. The van der Waals surface area contributed by atoms with Gasteiger partial charge in [-0.05, 0) is 11.4 Å². The molecule has 0 aromatic heterocycles. The molecule has 0 heterocycles. The molecule has 0 aliphatic heterocycles. The van der Waals surface area contributed by atoms with Crippen molar-refractivity contribution in [3.8, 4) is 0 Å². The van der Waals surface area contributed by atoms with Crippen LogP contribution < -0.4 is 5.50 Å². The highest BCUT2D eigenvalue weighted by Crippen LogP contribution is 2.51. The maximum absolute atomic E-state index is 11.0. The summed E-state index contributed by atoms with van der Waals surface area (Å²) in [6.45, 7) is -3.08. The van der Waals surface area contributed by atoms with Crippen LogP contribution in [0.2, 0.25) is 0 Å². The molecule has 0 aliphatic carbocycles. The normalized spacial score (nSPS) is 17.5. The summed E-state index contributed by atoms with van der Waals surface area (Å²) in [5.74, 6) is 0.245. The second kappa shape index (κ2) is 5.17. The first-order valence-electron chi connectivity index (χ1n) is 3.22. The third-order valence-corrected chi connectivity index (χ3v) is 4.82. The van der Waals surface area contributed by atoms with Gasteiger partial charge in [-0.3, -0.25) is 10.1 Å². The molecule has 13 heavy (non-hydrogen) atoms. The maximum atomic E-state index is 11.0. The van der Waals surface area contributed by atoms with Gasteiger partial charge in [-0.15, -0.1) is 0 Å². The Balaban J connectivity index is 3.95. The Bertz CT molecular complexity index is 323. The van der Waals surface area contributed by atoms with Gasteiger partial charge in [0.25, 0.3) is 0 Å². The van der Waals surface area contributed by atoms with Crippen LogP contribution in [0, 0.1) is 0 Å². The summed E-state index contributed by atoms with van der Waals surface area (Å²) >= 11 is 0.879. The monoisotopic (exact) mass is 245 g/mol. The summed E-state index contributed by atoms with van der Waals surface area (Å²) in [6.07, 6.45) is 2.45. The van der Waals surface area contributed by atoms with Gasteiger partial charge in [0.1, 0.15) is 0 Å². The molecule has 0 radical (unpaired) electrons. The topological polar surface area (TPSA) is 86.5 Å². The van der Waals surface area contributed by atoms with E-state index < -0.39 is 16.6 Å². The summed E-state index contributed by atoms with van der Waals surface area (Å²) in [5, 5.41) is 1.04. The highest BCUT2D eigenvalue weighted by Gasteiger charge is 2.13. The molecule has 0 rings (SSSR count). The van der Waals surface area contributed by atoms with Crippen LogP contribution in [0.15, 0.2) is 11.5 Å². The summed E-state index contributed by atoms with van der Waals surface area (Å²) < 4.78 is 36.7. The van der Waals surface area contributed by atoms with Crippen molar-refractivity contribution in [2.45, 2.75) is 0 Å². The van der Waals surface area contributed by atoms with Crippen molar-refractivity contribution in [2.75, 3.05) is 19.1 Å². The number of hydrogen-bond donors (Lipinski definition) is 1. The average molecular weight is 245 g/mol. The van der Waals surface area contributed by atoms with Gasteiger partial charge in [-0.1, -0.05) is 6.08 Å². The van der Waals surface area contributed by atoms with Gasteiger partial charge < -0.3 is 4.52 Å². The van der Waals surface area contributed by atoms with Gasteiger partial charge in [-0.2, -0.15) is 0 Å². The Kier molecular flexibility index (Phi) is 5.24. The predicted molar refractivity (Wildman–Crippen MR) is 55.2 cm³/mol. The zero-order valence-corrected chi connectivity index (χ0v) is 9.86. The number of hydrogen-bond acceptors (Lipinski definition) is 5. The molecule has 2 N–H and O–H groups in total. The molecular formula is C5H12NO4PS2. The van der Waals surface area contributed by atoms with Crippen LogP contribution in [0.4, 0.5) is 0 Å². The van der Waals surface area contributed by atoms with E-state index in [0.717, 1.165) is 23.0 Å². The number of sulfone groups is 1. The quantitative estimate of drug-likeness (QED) is 0.727. The smallest absolute Gasteiger partial charge is 0.313 e. The molecule has 0 aromatic rings. The van der Waals surface area contributed by atoms with Gasteiger partial charge in [0.2, 0.25) is 0 Å². The average Bonchev–Trinajstić information content (AvgIpc) is 1.97. The second-order valence-electron chi connectivity index (χ2n) is 2.22. The Labute approximate surface area is 81.9 Å². The van der Waals surface area contributed by atoms with E-state index >= 15 is 0 Å². The Morgan fingerprint density at radius 1 is 1.62 bits per heavy atom. The van der Waals surface area contributed by atoms with Crippen molar-refractivity contribution in [3.63, 3.8) is 0 Å². The Morgan fingerprint density at radius 3 is 2.54 bits per heavy atom. The summed E-state index contributed by atoms with van der Waals surface area (Å²) in [5.41, 5.74) is 5.18. The van der Waals surface area contributed by atoms with E-state index in [1.54, 1.807) is 0 Å². The molecule has 0 amide bonds. The molecule has 8 heteroatoms. The van der Waals surface area contributed by atoms with E-state index in [2.05, 4.69) is 4.52 Å². The van der Waals surface area contributed by atoms with Crippen molar-refractivity contribution < 1.29 is 17.5 Å². The first-order valence-corrected chi connectivity index (χ1v) is 8.46. The molecule has 0 spiro atoms. The van der Waals surface area contributed by atoms with Gasteiger partial charge >= 0.3 is 6.72 Å². The molecule has 0 aromatic carbocycles. The third-order valence-electron chi connectivity index (χ3n) is 0.949. The summed E-state index contributed by atoms with van der Waals surface area (Å²) in [7, 11) is -1.87. The van der Waals surface area contributed by atoms with Crippen LogP contribution in [0.1, 0.15) is 0 Å². The fraction of sp³-hybridized carbons (Fsp3) is 0.600. The molecule has 78 valence electrons. The lowest BCUT2D eigenvalue weighted by molar-refractivity contribution is 0.410. The van der Waals surface area contributed by atoms with E-state index in [4.69, 9.17) is 5.50 Å². The molecule has 1 atom stereocenters. The second-order valence-corrected chi connectivity index (χ2v) is 8.49. The van der Waals surface area contributed by atoms with E-state index in [1.807, 2.05) is 0 Å². The highest BCUT2D eigenvalue weighted by atomic mass is 32.7. The van der Waals surface area contributed by atoms with Gasteiger partial charge in [0, 0.05) is 24.5 Å². The molecule has 1 unspecified atom stereocenters. The first-order chi connectivity index (χ1) is 5.77. The standard InChI is InChI=1S/C5H12NO4PS2/c1-10-11(6,7)12-4-3-5-13(2,8)9/h3,5H,4H2,1-2H3,(H2,6,7). The fourth-order valence-corrected chi connectivity index (χ4v) is 2.67. The van der Waals surface area contributed by atoms with Crippen LogP contribution in [-0.2, 0) is 18.9 Å². The lowest BCUT2D eigenvalue weighted by atomic mass is 10.8. The van der Waals surface area contributed by atoms with Crippen LogP contribution in [0.3, 0.4) is 0 Å². The van der Waals surface area contributed by atoms with Crippen molar-refractivity contribution in [1.29, 1.82) is 0 Å². The number of nitrogens with two attached hydrogens (primary N) is 1. The predicted octanol–water partition coefficient (Wildman–Crippen LogP) is 0.991. The Morgan fingerprint density at radius 2 is 2.15 bits per heavy atom. The van der Waals surface area contributed by atoms with E-state index in [9.17, 15) is 13.0 Å². The van der Waals surface area contributed by atoms with Gasteiger partial charge in [0.15, 0.2) is 9.84 Å². The molecule has 0 fully saturated rings.